The molecule has 0 bridgehead atoms. The molecule has 0 fully saturated rings. The highest BCUT2D eigenvalue weighted by molar-refractivity contribution is 8.00. The Balaban J connectivity index is 1.62. The first-order chi connectivity index (χ1) is 12.9. The van der Waals surface area contributed by atoms with Gasteiger partial charge in [-0.1, -0.05) is 12.1 Å². The van der Waals surface area contributed by atoms with Gasteiger partial charge in [-0.2, -0.15) is 0 Å². The highest BCUT2D eigenvalue weighted by Gasteiger charge is 2.10. The summed E-state index contributed by atoms with van der Waals surface area (Å²) < 4.78 is 17.6. The van der Waals surface area contributed by atoms with Crippen LogP contribution in [0, 0.1) is 12.7 Å². The van der Waals surface area contributed by atoms with Crippen LogP contribution in [0.15, 0.2) is 48.5 Å². The van der Waals surface area contributed by atoms with Gasteiger partial charge in [0.25, 0.3) is 5.91 Å². The van der Waals surface area contributed by atoms with E-state index in [2.05, 4.69) is 10.6 Å². The first-order valence-electron chi connectivity index (χ1n) is 8.07. The number of hydrogen-bond acceptors (Lipinski definition) is 5. The first-order valence-corrected chi connectivity index (χ1v) is 9.23. The fourth-order valence-electron chi connectivity index (χ4n) is 2.06. The van der Waals surface area contributed by atoms with Gasteiger partial charge in [0.2, 0.25) is 5.91 Å². The second kappa shape index (κ2) is 10.3. The van der Waals surface area contributed by atoms with Crippen LogP contribution in [0.1, 0.15) is 5.56 Å². The van der Waals surface area contributed by atoms with Gasteiger partial charge in [0.15, 0.2) is 6.61 Å². The Labute approximate surface area is 160 Å². The third kappa shape index (κ3) is 7.91. The lowest BCUT2D eigenvalue weighted by Gasteiger charge is -2.07. The van der Waals surface area contributed by atoms with Crippen molar-refractivity contribution < 1.29 is 23.5 Å². The van der Waals surface area contributed by atoms with Crippen LogP contribution < -0.4 is 10.6 Å². The first kappa shape index (κ1) is 20.4. The fraction of sp³-hybridized carbons (Fsp3) is 0.211. The smallest absolute Gasteiger partial charge is 0.316 e. The lowest BCUT2D eigenvalue weighted by molar-refractivity contribution is -0.144. The second-order valence-electron chi connectivity index (χ2n) is 5.63. The van der Waals surface area contributed by atoms with E-state index < -0.39 is 24.3 Å². The summed E-state index contributed by atoms with van der Waals surface area (Å²) >= 11 is 1.09. The molecule has 0 aromatic heterocycles. The lowest BCUT2D eigenvalue weighted by atomic mass is 10.2. The zero-order valence-corrected chi connectivity index (χ0v) is 15.5. The number of hydrogen-bond donors (Lipinski definition) is 2. The Hall–Kier alpha value is -2.87. The van der Waals surface area contributed by atoms with Crippen LogP contribution in [0.2, 0.25) is 0 Å². The molecule has 0 spiro atoms. The van der Waals surface area contributed by atoms with Crippen molar-refractivity contribution in [1.82, 2.24) is 0 Å². The molecule has 0 radical (unpaired) electrons. The van der Waals surface area contributed by atoms with Gasteiger partial charge in [0.1, 0.15) is 5.82 Å². The minimum atomic E-state index is -0.599. The van der Waals surface area contributed by atoms with E-state index >= 15 is 0 Å². The maximum Gasteiger partial charge on any atom is 0.316 e. The molecule has 0 aliphatic carbocycles. The standard InChI is InChI=1S/C19H19FN2O4S/c1-13-3-2-4-16(9-13)22-18(24)11-27-12-19(25)26-10-17(23)21-15-7-5-14(20)6-8-15/h2-9H,10-12H2,1H3,(H,21,23)(H,22,24). The van der Waals surface area contributed by atoms with E-state index in [9.17, 15) is 18.8 Å². The molecule has 2 N–H and O–H groups in total. The molecule has 27 heavy (non-hydrogen) atoms. The van der Waals surface area contributed by atoms with Gasteiger partial charge in [-0.15, -0.1) is 11.8 Å². The Bertz CT molecular complexity index is 812. The fourth-order valence-corrected chi connectivity index (χ4v) is 2.67. The molecule has 0 saturated carbocycles. The minimum Gasteiger partial charge on any atom is -0.455 e. The van der Waals surface area contributed by atoms with E-state index in [1.807, 2.05) is 25.1 Å². The molecule has 2 rings (SSSR count). The molecular weight excluding hydrogens is 371 g/mol. The molecule has 2 amide bonds. The summed E-state index contributed by atoms with van der Waals surface area (Å²) in [5.74, 6) is -1.74. The zero-order valence-electron chi connectivity index (χ0n) is 14.7. The number of benzene rings is 2. The van der Waals surface area contributed by atoms with Gasteiger partial charge in [0.05, 0.1) is 11.5 Å². The number of anilines is 2. The van der Waals surface area contributed by atoms with Gasteiger partial charge in [0, 0.05) is 11.4 Å². The third-order valence-electron chi connectivity index (χ3n) is 3.25. The molecule has 0 saturated heterocycles. The van der Waals surface area contributed by atoms with E-state index in [1.54, 1.807) is 6.07 Å². The molecule has 0 unspecified atom stereocenters. The van der Waals surface area contributed by atoms with Crippen molar-refractivity contribution in [2.75, 3.05) is 28.7 Å². The molecular formula is C19H19FN2O4S. The molecule has 6 nitrogen and oxygen atoms in total. The van der Waals surface area contributed by atoms with Crippen molar-refractivity contribution in [2.24, 2.45) is 0 Å². The molecule has 8 heteroatoms. The molecule has 0 aliphatic heterocycles. The van der Waals surface area contributed by atoms with Crippen LogP contribution in [0.3, 0.4) is 0 Å². The van der Waals surface area contributed by atoms with Gasteiger partial charge in [-0.3, -0.25) is 14.4 Å². The summed E-state index contributed by atoms with van der Waals surface area (Å²) in [7, 11) is 0. The largest absolute Gasteiger partial charge is 0.455 e. The van der Waals surface area contributed by atoms with Crippen LogP contribution in [-0.2, 0) is 19.1 Å². The topological polar surface area (TPSA) is 84.5 Å². The zero-order chi connectivity index (χ0) is 19.6. The summed E-state index contributed by atoms with van der Waals surface area (Å²) in [6, 6.07) is 12.6. The number of carbonyl (C=O) groups is 3. The number of ether oxygens (including phenoxy) is 1. The van der Waals surface area contributed by atoms with Crippen molar-refractivity contribution in [3.8, 4) is 0 Å². The highest BCUT2D eigenvalue weighted by Crippen LogP contribution is 2.11. The maximum atomic E-state index is 12.8. The molecule has 0 heterocycles. The van der Waals surface area contributed by atoms with Crippen molar-refractivity contribution in [1.29, 1.82) is 0 Å². The molecule has 2 aromatic carbocycles. The van der Waals surface area contributed by atoms with Crippen LogP contribution in [0.25, 0.3) is 0 Å². The van der Waals surface area contributed by atoms with E-state index in [4.69, 9.17) is 4.74 Å². The third-order valence-corrected chi connectivity index (χ3v) is 4.15. The predicted molar refractivity (Wildman–Crippen MR) is 103 cm³/mol. The summed E-state index contributed by atoms with van der Waals surface area (Å²) in [5.41, 5.74) is 2.13. The monoisotopic (exact) mass is 390 g/mol. The minimum absolute atomic E-state index is 0.0505. The van der Waals surface area contributed by atoms with E-state index in [-0.39, 0.29) is 17.4 Å². The summed E-state index contributed by atoms with van der Waals surface area (Å²) in [4.78, 5) is 35.1. The highest BCUT2D eigenvalue weighted by atomic mass is 32.2. The number of esters is 1. The average molecular weight is 390 g/mol. The number of halogens is 1. The Morgan fingerprint density at radius 1 is 0.963 bits per heavy atom. The predicted octanol–water partition coefficient (Wildman–Crippen LogP) is 2.99. The second-order valence-corrected chi connectivity index (χ2v) is 6.61. The number of nitrogens with one attached hydrogen (secondary N) is 2. The summed E-state index contributed by atoms with van der Waals surface area (Å²) in [6.45, 7) is 1.47. The van der Waals surface area contributed by atoms with E-state index in [1.165, 1.54) is 24.3 Å². The maximum absolute atomic E-state index is 12.8. The number of rotatable bonds is 8. The Morgan fingerprint density at radius 3 is 2.37 bits per heavy atom. The SMILES string of the molecule is Cc1cccc(NC(=O)CSCC(=O)OCC(=O)Nc2ccc(F)cc2)c1. The Kier molecular flexibility index (Phi) is 7.81. The molecule has 0 atom stereocenters. The van der Waals surface area contributed by atoms with Gasteiger partial charge < -0.3 is 15.4 Å². The van der Waals surface area contributed by atoms with E-state index in [0.29, 0.717) is 11.4 Å². The number of thioether (sulfide) groups is 1. The van der Waals surface area contributed by atoms with Crippen LogP contribution in [0.4, 0.5) is 15.8 Å². The van der Waals surface area contributed by atoms with Gasteiger partial charge >= 0.3 is 5.97 Å². The van der Waals surface area contributed by atoms with Crippen molar-refractivity contribution in [3.05, 3.63) is 59.9 Å². The van der Waals surface area contributed by atoms with Crippen LogP contribution in [0.5, 0.6) is 0 Å². The van der Waals surface area contributed by atoms with Crippen molar-refractivity contribution in [2.45, 2.75) is 6.92 Å². The summed E-state index contributed by atoms with van der Waals surface area (Å²) in [6.07, 6.45) is 0. The number of carbonyl (C=O) groups excluding carboxylic acids is 3. The normalized spacial score (nSPS) is 10.1. The lowest BCUT2D eigenvalue weighted by Crippen LogP contribution is -2.22. The van der Waals surface area contributed by atoms with Crippen LogP contribution >= 0.6 is 11.8 Å². The molecule has 2 aromatic rings. The van der Waals surface area contributed by atoms with E-state index in [0.717, 1.165) is 17.3 Å². The van der Waals surface area contributed by atoms with Gasteiger partial charge in [-0.05, 0) is 48.9 Å². The Morgan fingerprint density at radius 2 is 1.67 bits per heavy atom. The number of aryl methyl sites for hydroxylation is 1. The number of amides is 2. The summed E-state index contributed by atoms with van der Waals surface area (Å²) in [5, 5.41) is 5.21. The molecule has 0 aliphatic rings. The van der Waals surface area contributed by atoms with Crippen molar-refractivity contribution >= 4 is 40.9 Å². The van der Waals surface area contributed by atoms with Crippen LogP contribution in [-0.4, -0.2) is 35.9 Å². The van der Waals surface area contributed by atoms with Crippen molar-refractivity contribution in [3.63, 3.8) is 0 Å². The van der Waals surface area contributed by atoms with Gasteiger partial charge in [-0.25, -0.2) is 4.39 Å². The molecule has 142 valence electrons. The quantitative estimate of drug-likeness (QED) is 0.677. The average Bonchev–Trinajstić information content (AvgIpc) is 2.62.